The lowest BCUT2D eigenvalue weighted by molar-refractivity contribution is 0.893. The lowest BCUT2D eigenvalue weighted by Crippen LogP contribution is -2.20. The Kier molecular flexibility index (Phi) is 3.95. The number of nitrogens with one attached hydrogen (secondary N) is 1. The zero-order chi connectivity index (χ0) is 16.2. The van der Waals surface area contributed by atoms with Crippen molar-refractivity contribution in [2.75, 3.05) is 6.67 Å². The first-order valence-electron chi connectivity index (χ1n) is 8.11. The van der Waals surface area contributed by atoms with Crippen molar-refractivity contribution in [3.05, 3.63) is 102 Å². The topological polar surface area (TPSA) is 24.4 Å². The van der Waals surface area contributed by atoms with Crippen LogP contribution in [0.15, 0.2) is 96.0 Å². The fraction of sp³-hybridized carbons (Fsp3) is 0.0455. The summed E-state index contributed by atoms with van der Waals surface area (Å²) in [6.07, 6.45) is 2.13. The Balaban J connectivity index is 1.69. The number of aliphatic imine (C=N–C) groups is 1. The van der Waals surface area contributed by atoms with Gasteiger partial charge in [0.15, 0.2) is 0 Å². The Morgan fingerprint density at radius 3 is 2.00 bits per heavy atom. The van der Waals surface area contributed by atoms with Gasteiger partial charge in [-0.15, -0.1) is 0 Å². The van der Waals surface area contributed by atoms with Crippen molar-refractivity contribution in [1.82, 2.24) is 5.32 Å². The molecule has 116 valence electrons. The van der Waals surface area contributed by atoms with Gasteiger partial charge in [0.25, 0.3) is 0 Å². The van der Waals surface area contributed by atoms with Crippen molar-refractivity contribution in [1.29, 1.82) is 0 Å². The minimum absolute atomic E-state index is 0.603. The van der Waals surface area contributed by atoms with Crippen LogP contribution in [-0.4, -0.2) is 12.4 Å². The standard InChI is InChI=1S/C22H18N2/c1-3-8-17(9-4-1)19-12-7-13-20(14-19)22-15-21(23-16-24-22)18-10-5-2-6-11-18/h1-15,23H,16H2. The van der Waals surface area contributed by atoms with E-state index in [1.54, 1.807) is 0 Å². The Morgan fingerprint density at radius 1 is 0.625 bits per heavy atom. The van der Waals surface area contributed by atoms with E-state index < -0.39 is 0 Å². The molecule has 24 heavy (non-hydrogen) atoms. The van der Waals surface area contributed by atoms with E-state index in [1.165, 1.54) is 16.7 Å². The molecule has 0 radical (unpaired) electrons. The first-order chi connectivity index (χ1) is 11.9. The van der Waals surface area contributed by atoms with Gasteiger partial charge in [-0.1, -0.05) is 78.9 Å². The number of hydrogen-bond donors (Lipinski definition) is 1. The Hall–Kier alpha value is -3.13. The van der Waals surface area contributed by atoms with Gasteiger partial charge in [0.2, 0.25) is 0 Å². The molecule has 0 aromatic heterocycles. The maximum absolute atomic E-state index is 4.64. The quantitative estimate of drug-likeness (QED) is 0.742. The molecular formula is C22H18N2. The van der Waals surface area contributed by atoms with E-state index in [2.05, 4.69) is 89.2 Å². The van der Waals surface area contributed by atoms with Gasteiger partial charge in [0.1, 0.15) is 6.67 Å². The molecule has 0 saturated heterocycles. The smallest absolute Gasteiger partial charge is 0.108 e. The number of rotatable bonds is 3. The number of benzene rings is 3. The number of allylic oxidation sites excluding steroid dienone is 1. The van der Waals surface area contributed by atoms with Crippen LogP contribution < -0.4 is 5.32 Å². The third kappa shape index (κ3) is 2.99. The van der Waals surface area contributed by atoms with E-state index in [9.17, 15) is 0 Å². The second-order valence-corrected chi connectivity index (χ2v) is 5.75. The molecular weight excluding hydrogens is 292 g/mol. The monoisotopic (exact) mass is 310 g/mol. The summed E-state index contributed by atoms with van der Waals surface area (Å²) in [5.41, 5.74) is 6.90. The maximum atomic E-state index is 4.64. The van der Waals surface area contributed by atoms with Crippen molar-refractivity contribution >= 4 is 11.4 Å². The van der Waals surface area contributed by atoms with Crippen LogP contribution in [0.2, 0.25) is 0 Å². The first-order valence-corrected chi connectivity index (χ1v) is 8.11. The van der Waals surface area contributed by atoms with Gasteiger partial charge in [0, 0.05) is 11.3 Å². The van der Waals surface area contributed by atoms with Crippen LogP contribution in [0, 0.1) is 0 Å². The Morgan fingerprint density at radius 2 is 1.25 bits per heavy atom. The molecule has 0 bridgehead atoms. The maximum Gasteiger partial charge on any atom is 0.108 e. The molecule has 2 heteroatoms. The SMILES string of the molecule is C1=C(c2ccccc2)NCN=C1c1cccc(-c2ccccc2)c1. The van der Waals surface area contributed by atoms with Gasteiger partial charge < -0.3 is 5.32 Å². The lowest BCUT2D eigenvalue weighted by Gasteiger charge is -2.16. The summed E-state index contributed by atoms with van der Waals surface area (Å²) in [7, 11) is 0. The van der Waals surface area contributed by atoms with Gasteiger partial charge in [-0.3, -0.25) is 4.99 Å². The zero-order valence-corrected chi connectivity index (χ0v) is 13.3. The van der Waals surface area contributed by atoms with Crippen LogP contribution in [0.4, 0.5) is 0 Å². The van der Waals surface area contributed by atoms with Crippen LogP contribution in [0.25, 0.3) is 16.8 Å². The van der Waals surface area contributed by atoms with Gasteiger partial charge in [0.05, 0.1) is 5.71 Å². The molecule has 0 fully saturated rings. The van der Waals surface area contributed by atoms with E-state index in [-0.39, 0.29) is 0 Å². The largest absolute Gasteiger partial charge is 0.366 e. The van der Waals surface area contributed by atoms with Crippen LogP contribution in [0.5, 0.6) is 0 Å². The summed E-state index contributed by atoms with van der Waals surface area (Å²) in [5.74, 6) is 0. The number of hydrogen-bond acceptors (Lipinski definition) is 2. The van der Waals surface area contributed by atoms with Crippen LogP contribution >= 0.6 is 0 Å². The second-order valence-electron chi connectivity index (χ2n) is 5.75. The molecule has 1 N–H and O–H groups in total. The molecule has 0 aliphatic carbocycles. The number of nitrogens with zero attached hydrogens (tertiary/aromatic N) is 1. The minimum Gasteiger partial charge on any atom is -0.366 e. The van der Waals surface area contributed by atoms with Gasteiger partial charge in [-0.25, -0.2) is 0 Å². The van der Waals surface area contributed by atoms with Crippen LogP contribution in [-0.2, 0) is 0 Å². The third-order valence-corrected chi connectivity index (χ3v) is 4.15. The normalized spacial score (nSPS) is 13.7. The minimum atomic E-state index is 0.603. The third-order valence-electron chi connectivity index (χ3n) is 4.15. The fourth-order valence-electron chi connectivity index (χ4n) is 2.91. The highest BCUT2D eigenvalue weighted by Crippen LogP contribution is 2.22. The molecule has 3 aromatic rings. The van der Waals surface area contributed by atoms with Crippen molar-refractivity contribution < 1.29 is 0 Å². The summed E-state index contributed by atoms with van der Waals surface area (Å²) in [6, 6.07) is 29.4. The van der Waals surface area contributed by atoms with E-state index in [4.69, 9.17) is 0 Å². The predicted octanol–water partition coefficient (Wildman–Crippen LogP) is 4.74. The molecule has 0 spiro atoms. The molecule has 0 unspecified atom stereocenters. The summed E-state index contributed by atoms with van der Waals surface area (Å²) < 4.78 is 0. The Bertz CT molecular complexity index is 894. The van der Waals surface area contributed by atoms with E-state index in [1.807, 2.05) is 12.1 Å². The molecule has 0 amide bonds. The second kappa shape index (κ2) is 6.55. The zero-order valence-electron chi connectivity index (χ0n) is 13.3. The molecule has 3 aromatic carbocycles. The van der Waals surface area contributed by atoms with Crippen molar-refractivity contribution in [3.63, 3.8) is 0 Å². The summed E-state index contributed by atoms with van der Waals surface area (Å²) in [4.78, 5) is 4.64. The first kappa shape index (κ1) is 14.5. The molecule has 1 aliphatic heterocycles. The molecule has 0 atom stereocenters. The van der Waals surface area contributed by atoms with Crippen LogP contribution in [0.1, 0.15) is 11.1 Å². The molecule has 4 rings (SSSR count). The summed E-state index contributed by atoms with van der Waals surface area (Å²) in [5, 5.41) is 3.36. The average Bonchev–Trinajstić information content (AvgIpc) is 2.70. The van der Waals surface area contributed by atoms with E-state index in [0.29, 0.717) is 6.67 Å². The summed E-state index contributed by atoms with van der Waals surface area (Å²) >= 11 is 0. The molecule has 0 saturated carbocycles. The summed E-state index contributed by atoms with van der Waals surface area (Å²) in [6.45, 7) is 0.603. The predicted molar refractivity (Wildman–Crippen MR) is 101 cm³/mol. The average molecular weight is 310 g/mol. The highest BCUT2D eigenvalue weighted by molar-refractivity contribution is 6.13. The Labute approximate surface area is 142 Å². The van der Waals surface area contributed by atoms with Crippen molar-refractivity contribution in [2.45, 2.75) is 0 Å². The fourth-order valence-corrected chi connectivity index (χ4v) is 2.91. The highest BCUT2D eigenvalue weighted by Gasteiger charge is 2.10. The molecule has 1 aliphatic rings. The van der Waals surface area contributed by atoms with E-state index in [0.717, 1.165) is 17.0 Å². The van der Waals surface area contributed by atoms with Crippen molar-refractivity contribution in [3.8, 4) is 11.1 Å². The highest BCUT2D eigenvalue weighted by atomic mass is 15.0. The van der Waals surface area contributed by atoms with Gasteiger partial charge in [-0.2, -0.15) is 0 Å². The lowest BCUT2D eigenvalue weighted by atomic mass is 9.99. The molecule has 1 heterocycles. The van der Waals surface area contributed by atoms with Crippen molar-refractivity contribution in [2.24, 2.45) is 4.99 Å². The van der Waals surface area contributed by atoms with Gasteiger partial charge >= 0.3 is 0 Å². The molecule has 2 nitrogen and oxygen atoms in total. The van der Waals surface area contributed by atoms with Crippen LogP contribution in [0.3, 0.4) is 0 Å². The van der Waals surface area contributed by atoms with E-state index >= 15 is 0 Å². The van der Waals surface area contributed by atoms with Gasteiger partial charge in [-0.05, 0) is 28.8 Å².